The van der Waals surface area contributed by atoms with Crippen LogP contribution in [0.15, 0.2) is 72.9 Å². The average Bonchev–Trinajstić information content (AvgIpc) is 3.21. The summed E-state index contributed by atoms with van der Waals surface area (Å²) in [5, 5.41) is 2.61. The highest BCUT2D eigenvalue weighted by Crippen LogP contribution is 2.31. The molecule has 0 bridgehead atoms. The van der Waals surface area contributed by atoms with Crippen LogP contribution >= 0.6 is 0 Å². The van der Waals surface area contributed by atoms with Gasteiger partial charge in [-0.25, -0.2) is 9.97 Å². The van der Waals surface area contributed by atoms with Crippen molar-refractivity contribution in [2.75, 3.05) is 13.2 Å². The molecule has 7 nitrogen and oxygen atoms in total. The van der Waals surface area contributed by atoms with Crippen LogP contribution in [-0.4, -0.2) is 33.7 Å². The van der Waals surface area contributed by atoms with Gasteiger partial charge in [-0.05, 0) is 29.8 Å². The SMILES string of the molecule is O=C(Cn1c(C(F)(F)F)nc2ccccc21)NCc1ccc(OCCOc2ccccc2)nc1. The summed E-state index contributed by atoms with van der Waals surface area (Å²) in [4.78, 5) is 20.2. The van der Waals surface area contributed by atoms with Gasteiger partial charge in [-0.1, -0.05) is 36.4 Å². The number of carbonyl (C=O) groups is 1. The van der Waals surface area contributed by atoms with Gasteiger partial charge in [0, 0.05) is 18.8 Å². The largest absolute Gasteiger partial charge is 0.490 e. The zero-order chi connectivity index (χ0) is 24.0. The van der Waals surface area contributed by atoms with E-state index in [9.17, 15) is 18.0 Å². The Morgan fingerprint density at radius 2 is 1.68 bits per heavy atom. The third kappa shape index (κ3) is 5.83. The van der Waals surface area contributed by atoms with Crippen molar-refractivity contribution in [2.45, 2.75) is 19.3 Å². The van der Waals surface area contributed by atoms with Crippen molar-refractivity contribution in [3.8, 4) is 11.6 Å². The molecule has 0 unspecified atom stereocenters. The molecule has 4 aromatic rings. The average molecular weight is 470 g/mol. The van der Waals surface area contributed by atoms with E-state index < -0.39 is 24.5 Å². The summed E-state index contributed by atoms with van der Waals surface area (Å²) >= 11 is 0. The molecule has 0 spiro atoms. The number of para-hydroxylation sites is 3. The number of ether oxygens (including phenoxy) is 2. The van der Waals surface area contributed by atoms with Crippen molar-refractivity contribution < 1.29 is 27.4 Å². The Balaban J connectivity index is 1.28. The molecule has 1 amide bonds. The van der Waals surface area contributed by atoms with Gasteiger partial charge in [0.05, 0.1) is 11.0 Å². The van der Waals surface area contributed by atoms with Crippen LogP contribution in [0.4, 0.5) is 13.2 Å². The van der Waals surface area contributed by atoms with Gasteiger partial charge in [-0.3, -0.25) is 4.79 Å². The molecule has 4 rings (SSSR count). The highest BCUT2D eigenvalue weighted by atomic mass is 19.4. The number of pyridine rings is 1. The highest BCUT2D eigenvalue weighted by Gasteiger charge is 2.37. The maximum Gasteiger partial charge on any atom is 0.449 e. The highest BCUT2D eigenvalue weighted by molar-refractivity contribution is 5.81. The first-order chi connectivity index (χ1) is 16.4. The second-order valence-electron chi connectivity index (χ2n) is 7.30. The number of hydrogen-bond donors (Lipinski definition) is 1. The number of benzene rings is 2. The van der Waals surface area contributed by atoms with Crippen LogP contribution in [0.2, 0.25) is 0 Å². The molecule has 0 atom stereocenters. The minimum absolute atomic E-state index is 0.108. The molecule has 2 heterocycles. The fraction of sp³-hybridized carbons (Fsp3) is 0.208. The molecule has 0 aliphatic rings. The molecule has 0 fully saturated rings. The van der Waals surface area contributed by atoms with E-state index in [2.05, 4.69) is 15.3 Å². The number of imidazole rings is 1. The molecule has 1 N–H and O–H groups in total. The van der Waals surface area contributed by atoms with Crippen molar-refractivity contribution in [2.24, 2.45) is 0 Å². The number of aromatic nitrogens is 3. The minimum Gasteiger partial charge on any atom is -0.490 e. The predicted octanol–water partition coefficient (Wildman–Crippen LogP) is 4.22. The van der Waals surface area contributed by atoms with Gasteiger partial charge in [-0.2, -0.15) is 13.2 Å². The Morgan fingerprint density at radius 1 is 0.941 bits per heavy atom. The first kappa shape index (κ1) is 23.1. The lowest BCUT2D eigenvalue weighted by molar-refractivity contribution is -0.147. The molecule has 0 radical (unpaired) electrons. The fourth-order valence-corrected chi connectivity index (χ4v) is 3.28. The van der Waals surface area contributed by atoms with Gasteiger partial charge in [0.15, 0.2) is 0 Å². The fourth-order valence-electron chi connectivity index (χ4n) is 3.28. The van der Waals surface area contributed by atoms with Crippen LogP contribution in [-0.2, 0) is 24.1 Å². The van der Waals surface area contributed by atoms with Crippen LogP contribution in [0.1, 0.15) is 11.4 Å². The zero-order valence-corrected chi connectivity index (χ0v) is 18.0. The van der Waals surface area contributed by atoms with Gasteiger partial charge in [0.2, 0.25) is 17.6 Å². The third-order valence-electron chi connectivity index (χ3n) is 4.84. The second kappa shape index (κ2) is 10.2. The van der Waals surface area contributed by atoms with E-state index in [1.54, 1.807) is 24.3 Å². The van der Waals surface area contributed by atoms with Crippen LogP contribution < -0.4 is 14.8 Å². The van der Waals surface area contributed by atoms with Crippen molar-refractivity contribution >= 4 is 16.9 Å². The van der Waals surface area contributed by atoms with Gasteiger partial charge in [0.1, 0.15) is 25.5 Å². The standard InChI is InChI=1S/C24H21F3N4O3/c25-24(26,27)23-30-19-8-4-5-9-20(19)31(23)16-21(32)28-14-17-10-11-22(29-15-17)34-13-12-33-18-6-2-1-3-7-18/h1-11,15H,12-14,16H2,(H,28,32). The quantitative estimate of drug-likeness (QED) is 0.371. The molecular weight excluding hydrogens is 449 g/mol. The summed E-state index contributed by atoms with van der Waals surface area (Å²) in [5.41, 5.74) is 1.09. The van der Waals surface area contributed by atoms with E-state index in [4.69, 9.17) is 9.47 Å². The summed E-state index contributed by atoms with van der Waals surface area (Å²) < 4.78 is 52.1. The van der Waals surface area contributed by atoms with Gasteiger partial charge >= 0.3 is 6.18 Å². The summed E-state index contributed by atoms with van der Waals surface area (Å²) in [7, 11) is 0. The van der Waals surface area contributed by atoms with Crippen molar-refractivity contribution in [3.63, 3.8) is 0 Å². The summed E-state index contributed by atoms with van der Waals surface area (Å²) in [5.74, 6) is -0.544. The Kier molecular flexibility index (Phi) is 6.95. The number of hydrogen-bond acceptors (Lipinski definition) is 5. The van der Waals surface area contributed by atoms with Crippen LogP contribution in [0.25, 0.3) is 11.0 Å². The van der Waals surface area contributed by atoms with Crippen molar-refractivity contribution in [1.29, 1.82) is 0 Å². The van der Waals surface area contributed by atoms with E-state index in [0.717, 1.165) is 10.3 Å². The van der Waals surface area contributed by atoms with Gasteiger partial charge in [-0.15, -0.1) is 0 Å². The Hall–Kier alpha value is -4.08. The Morgan fingerprint density at radius 3 is 2.41 bits per heavy atom. The summed E-state index contributed by atoms with van der Waals surface area (Å²) in [6.45, 7) is 0.257. The van der Waals surface area contributed by atoms with Crippen LogP contribution in [0.5, 0.6) is 11.6 Å². The Labute approximate surface area is 193 Å². The number of fused-ring (bicyclic) bond motifs is 1. The molecule has 2 aromatic heterocycles. The number of nitrogens with one attached hydrogen (secondary N) is 1. The molecule has 0 aliphatic heterocycles. The normalized spacial score (nSPS) is 11.4. The molecule has 10 heteroatoms. The van der Waals surface area contributed by atoms with Crippen LogP contribution in [0.3, 0.4) is 0 Å². The lowest BCUT2D eigenvalue weighted by Gasteiger charge is -2.12. The molecule has 2 aromatic carbocycles. The number of amides is 1. The van der Waals surface area contributed by atoms with Crippen molar-refractivity contribution in [1.82, 2.24) is 19.9 Å². The molecule has 0 aliphatic carbocycles. The lowest BCUT2D eigenvalue weighted by Crippen LogP contribution is -2.29. The topological polar surface area (TPSA) is 78.3 Å². The molecule has 34 heavy (non-hydrogen) atoms. The number of rotatable bonds is 9. The van der Waals surface area contributed by atoms with E-state index in [1.165, 1.54) is 18.3 Å². The molecule has 0 saturated heterocycles. The molecule has 176 valence electrons. The zero-order valence-electron chi connectivity index (χ0n) is 18.0. The summed E-state index contributed by atoms with van der Waals surface area (Å²) in [6, 6.07) is 18.9. The third-order valence-corrected chi connectivity index (χ3v) is 4.84. The van der Waals surface area contributed by atoms with E-state index in [-0.39, 0.29) is 17.6 Å². The number of alkyl halides is 3. The number of halogens is 3. The minimum atomic E-state index is -4.68. The first-order valence-corrected chi connectivity index (χ1v) is 10.4. The predicted molar refractivity (Wildman–Crippen MR) is 118 cm³/mol. The first-order valence-electron chi connectivity index (χ1n) is 10.4. The maximum atomic E-state index is 13.4. The summed E-state index contributed by atoms with van der Waals surface area (Å²) in [6.07, 6.45) is -3.15. The van der Waals surface area contributed by atoms with E-state index in [0.29, 0.717) is 24.7 Å². The van der Waals surface area contributed by atoms with E-state index >= 15 is 0 Å². The van der Waals surface area contributed by atoms with E-state index in [1.807, 2.05) is 30.3 Å². The monoisotopic (exact) mass is 470 g/mol. The van der Waals surface area contributed by atoms with Crippen LogP contribution in [0, 0.1) is 0 Å². The van der Waals surface area contributed by atoms with Gasteiger partial charge < -0.3 is 19.4 Å². The molecule has 0 saturated carbocycles. The molecular formula is C24H21F3N4O3. The number of nitrogens with zero attached hydrogens (tertiary/aromatic N) is 3. The smallest absolute Gasteiger partial charge is 0.449 e. The second-order valence-corrected chi connectivity index (χ2v) is 7.30. The maximum absolute atomic E-state index is 13.4. The number of carbonyl (C=O) groups excluding carboxylic acids is 1. The van der Waals surface area contributed by atoms with Gasteiger partial charge in [0.25, 0.3) is 0 Å². The van der Waals surface area contributed by atoms with Crippen molar-refractivity contribution in [3.05, 3.63) is 84.3 Å². The lowest BCUT2D eigenvalue weighted by atomic mass is 10.3. The Bertz CT molecular complexity index is 1240.